The molecule has 1 aliphatic heterocycles. The Bertz CT molecular complexity index is 766. The smallest absolute Gasteiger partial charge is 0.267 e. The van der Waals surface area contributed by atoms with Crippen LogP contribution in [0.2, 0.25) is 0 Å². The van der Waals surface area contributed by atoms with Crippen LogP contribution >= 0.6 is 0 Å². The summed E-state index contributed by atoms with van der Waals surface area (Å²) in [5.74, 6) is 0.139. The Balaban J connectivity index is 2.02. The zero-order valence-corrected chi connectivity index (χ0v) is 14.4. The van der Waals surface area contributed by atoms with E-state index in [1.54, 1.807) is 4.90 Å². The summed E-state index contributed by atoms with van der Waals surface area (Å²) in [6.45, 7) is 8.79. The molecule has 2 heterocycles. The maximum atomic E-state index is 13.0. The molecule has 2 aromatic rings. The van der Waals surface area contributed by atoms with Gasteiger partial charge in [0.1, 0.15) is 23.8 Å². The lowest BCUT2D eigenvalue weighted by molar-refractivity contribution is 0.0988. The summed E-state index contributed by atoms with van der Waals surface area (Å²) in [4.78, 5) is 22.6. The third-order valence-electron chi connectivity index (χ3n) is 4.10. The van der Waals surface area contributed by atoms with Crippen molar-refractivity contribution in [1.82, 2.24) is 9.97 Å². The standard InChI is InChI=1S/C18H22N4O2/c1-11-9-22(13-7-5-12(6-8-13)18(2,3)4)17(23)14-15(19)20-10-21-16(14)24-11/h5-8,10-11H,9H2,1-4H3,(H2,19,20,21)/t11-/m1/s1. The number of rotatable bonds is 1. The molecule has 1 aliphatic rings. The normalized spacial score (nSPS) is 17.9. The molecule has 0 bridgehead atoms. The lowest BCUT2D eigenvalue weighted by atomic mass is 9.87. The molecule has 0 spiro atoms. The van der Waals surface area contributed by atoms with Crippen LogP contribution in [-0.4, -0.2) is 28.5 Å². The summed E-state index contributed by atoms with van der Waals surface area (Å²) in [6.07, 6.45) is 1.11. The third-order valence-corrected chi connectivity index (χ3v) is 4.10. The number of nitrogens with two attached hydrogens (primary N) is 1. The highest BCUT2D eigenvalue weighted by Crippen LogP contribution is 2.30. The summed E-state index contributed by atoms with van der Waals surface area (Å²) in [6, 6.07) is 8.00. The van der Waals surface area contributed by atoms with Crippen LogP contribution in [0.5, 0.6) is 5.88 Å². The van der Waals surface area contributed by atoms with Crippen molar-refractivity contribution in [3.05, 3.63) is 41.7 Å². The van der Waals surface area contributed by atoms with Crippen LogP contribution in [0.1, 0.15) is 43.6 Å². The molecular weight excluding hydrogens is 304 g/mol. The molecule has 0 unspecified atom stereocenters. The van der Waals surface area contributed by atoms with E-state index in [0.717, 1.165) is 5.69 Å². The summed E-state index contributed by atoms with van der Waals surface area (Å²) >= 11 is 0. The average molecular weight is 326 g/mol. The fourth-order valence-electron chi connectivity index (χ4n) is 2.74. The van der Waals surface area contributed by atoms with Crippen molar-refractivity contribution >= 4 is 17.4 Å². The first-order valence-corrected chi connectivity index (χ1v) is 7.97. The highest BCUT2D eigenvalue weighted by atomic mass is 16.5. The number of ether oxygens (including phenoxy) is 1. The number of aromatic nitrogens is 2. The number of anilines is 2. The minimum Gasteiger partial charge on any atom is -0.472 e. The lowest BCUT2D eigenvalue weighted by Crippen LogP contribution is -2.36. The van der Waals surface area contributed by atoms with Gasteiger partial charge in [-0.25, -0.2) is 9.97 Å². The SMILES string of the molecule is C[C@@H]1CN(c2ccc(C(C)(C)C)cc2)C(=O)c2c(N)ncnc2O1. The van der Waals surface area contributed by atoms with Crippen LogP contribution in [0.4, 0.5) is 11.5 Å². The van der Waals surface area contributed by atoms with Crippen LogP contribution in [-0.2, 0) is 5.41 Å². The second-order valence-corrected chi connectivity index (χ2v) is 7.08. The van der Waals surface area contributed by atoms with Crippen molar-refractivity contribution in [2.45, 2.75) is 39.2 Å². The fraction of sp³-hybridized carbons (Fsp3) is 0.389. The summed E-state index contributed by atoms with van der Waals surface area (Å²) in [5, 5.41) is 0. The third kappa shape index (κ3) is 2.91. The number of hydrogen-bond acceptors (Lipinski definition) is 5. The number of nitrogen functional groups attached to an aromatic ring is 1. The van der Waals surface area contributed by atoms with Gasteiger partial charge >= 0.3 is 0 Å². The van der Waals surface area contributed by atoms with Gasteiger partial charge in [0.2, 0.25) is 5.88 Å². The van der Waals surface area contributed by atoms with E-state index in [0.29, 0.717) is 6.54 Å². The van der Waals surface area contributed by atoms with E-state index < -0.39 is 0 Å². The molecule has 126 valence electrons. The predicted octanol–water partition coefficient (Wildman–Crippen LogP) is 2.78. The Morgan fingerprint density at radius 3 is 2.50 bits per heavy atom. The van der Waals surface area contributed by atoms with Crippen molar-refractivity contribution in [3.8, 4) is 5.88 Å². The number of fused-ring (bicyclic) bond motifs is 1. The molecule has 0 saturated carbocycles. The summed E-state index contributed by atoms with van der Waals surface area (Å²) in [5.41, 5.74) is 8.19. The maximum Gasteiger partial charge on any atom is 0.267 e. The maximum absolute atomic E-state index is 13.0. The zero-order chi connectivity index (χ0) is 17.5. The first kappa shape index (κ1) is 16.2. The number of hydrogen-bond donors (Lipinski definition) is 1. The van der Waals surface area contributed by atoms with Crippen LogP contribution < -0.4 is 15.4 Å². The van der Waals surface area contributed by atoms with Crippen molar-refractivity contribution in [1.29, 1.82) is 0 Å². The van der Waals surface area contributed by atoms with Crippen molar-refractivity contribution in [2.75, 3.05) is 17.2 Å². The second-order valence-electron chi connectivity index (χ2n) is 7.08. The zero-order valence-electron chi connectivity index (χ0n) is 14.4. The van der Waals surface area contributed by atoms with Gasteiger partial charge < -0.3 is 15.4 Å². The van der Waals surface area contributed by atoms with Crippen LogP contribution in [0.3, 0.4) is 0 Å². The van der Waals surface area contributed by atoms with Gasteiger partial charge in [0.05, 0.1) is 6.54 Å². The monoisotopic (exact) mass is 326 g/mol. The Labute approximate surface area is 141 Å². The van der Waals surface area contributed by atoms with Gasteiger partial charge in [-0.1, -0.05) is 32.9 Å². The number of nitrogens with zero attached hydrogens (tertiary/aromatic N) is 3. The van der Waals surface area contributed by atoms with Crippen molar-refractivity contribution in [3.63, 3.8) is 0 Å². The van der Waals surface area contributed by atoms with Gasteiger partial charge in [-0.05, 0) is 30.0 Å². The Morgan fingerprint density at radius 2 is 1.88 bits per heavy atom. The number of amides is 1. The second kappa shape index (κ2) is 5.78. The Kier molecular flexibility index (Phi) is 3.91. The molecule has 3 rings (SSSR count). The fourth-order valence-corrected chi connectivity index (χ4v) is 2.74. The van der Waals surface area contributed by atoms with E-state index >= 15 is 0 Å². The first-order valence-electron chi connectivity index (χ1n) is 7.97. The molecule has 0 saturated heterocycles. The van der Waals surface area contributed by atoms with E-state index in [9.17, 15) is 4.79 Å². The minimum absolute atomic E-state index is 0.0581. The van der Waals surface area contributed by atoms with Gasteiger partial charge in [-0.2, -0.15) is 0 Å². The molecule has 1 atom stereocenters. The van der Waals surface area contributed by atoms with Crippen LogP contribution in [0.25, 0.3) is 0 Å². The van der Waals surface area contributed by atoms with E-state index in [2.05, 4.69) is 30.7 Å². The van der Waals surface area contributed by atoms with Gasteiger partial charge in [-0.15, -0.1) is 0 Å². The summed E-state index contributed by atoms with van der Waals surface area (Å²) < 4.78 is 5.74. The average Bonchev–Trinajstić information content (AvgIpc) is 2.64. The van der Waals surface area contributed by atoms with Crippen LogP contribution in [0.15, 0.2) is 30.6 Å². The number of carbonyl (C=O) groups is 1. The van der Waals surface area contributed by atoms with Gasteiger partial charge in [0, 0.05) is 5.69 Å². The predicted molar refractivity (Wildman–Crippen MR) is 93.4 cm³/mol. The molecule has 0 fully saturated rings. The van der Waals surface area contributed by atoms with Gasteiger partial charge in [0.25, 0.3) is 5.91 Å². The van der Waals surface area contributed by atoms with Crippen molar-refractivity contribution < 1.29 is 9.53 Å². The van der Waals surface area contributed by atoms with Gasteiger partial charge in [0.15, 0.2) is 0 Å². The lowest BCUT2D eigenvalue weighted by Gasteiger charge is -2.24. The highest BCUT2D eigenvalue weighted by Gasteiger charge is 2.31. The van der Waals surface area contributed by atoms with Crippen molar-refractivity contribution in [2.24, 2.45) is 0 Å². The molecule has 6 heteroatoms. The quantitative estimate of drug-likeness (QED) is 0.871. The summed E-state index contributed by atoms with van der Waals surface area (Å²) in [7, 11) is 0. The molecule has 2 N–H and O–H groups in total. The largest absolute Gasteiger partial charge is 0.472 e. The Morgan fingerprint density at radius 1 is 1.21 bits per heavy atom. The molecule has 0 aliphatic carbocycles. The van der Waals surface area contributed by atoms with E-state index in [4.69, 9.17) is 10.5 Å². The minimum atomic E-state index is -0.240. The molecule has 1 aromatic heterocycles. The van der Waals surface area contributed by atoms with Crippen LogP contribution in [0, 0.1) is 0 Å². The van der Waals surface area contributed by atoms with Gasteiger partial charge in [-0.3, -0.25) is 4.79 Å². The number of carbonyl (C=O) groups excluding carboxylic acids is 1. The molecular formula is C18H22N4O2. The van der Waals surface area contributed by atoms with E-state index in [-0.39, 0.29) is 34.7 Å². The molecule has 0 radical (unpaired) electrons. The van der Waals surface area contributed by atoms with E-state index in [1.165, 1.54) is 11.9 Å². The molecule has 1 aromatic carbocycles. The topological polar surface area (TPSA) is 81.3 Å². The van der Waals surface area contributed by atoms with E-state index in [1.807, 2.05) is 31.2 Å². The highest BCUT2D eigenvalue weighted by molar-refractivity contribution is 6.10. The number of benzene rings is 1. The molecule has 24 heavy (non-hydrogen) atoms. The molecule has 6 nitrogen and oxygen atoms in total. The Hall–Kier alpha value is -2.63. The first-order chi connectivity index (χ1) is 11.3. The molecule has 1 amide bonds.